The number of hydrogen-bond acceptors (Lipinski definition) is 5. The zero-order valence-corrected chi connectivity index (χ0v) is 10.4. The van der Waals surface area contributed by atoms with Gasteiger partial charge < -0.3 is 25.0 Å². The van der Waals surface area contributed by atoms with E-state index in [0.29, 0.717) is 43.2 Å². The van der Waals surface area contributed by atoms with Crippen LogP contribution in [0.2, 0.25) is 0 Å². The SMILES string of the molecule is CNCCC(O)C(O)c1ccc2c(c1)OCCO2. The van der Waals surface area contributed by atoms with Crippen LogP contribution in [-0.4, -0.2) is 43.1 Å². The molecule has 5 heteroatoms. The molecule has 0 aromatic heterocycles. The van der Waals surface area contributed by atoms with Crippen molar-refractivity contribution in [1.82, 2.24) is 5.32 Å². The van der Waals surface area contributed by atoms with Crippen LogP contribution in [0.25, 0.3) is 0 Å². The highest BCUT2D eigenvalue weighted by atomic mass is 16.6. The molecule has 1 aliphatic rings. The molecule has 18 heavy (non-hydrogen) atoms. The summed E-state index contributed by atoms with van der Waals surface area (Å²) in [5.74, 6) is 1.31. The average Bonchev–Trinajstić information content (AvgIpc) is 2.43. The zero-order valence-electron chi connectivity index (χ0n) is 10.4. The van der Waals surface area contributed by atoms with Gasteiger partial charge in [-0.3, -0.25) is 0 Å². The van der Waals surface area contributed by atoms with Crippen LogP contribution < -0.4 is 14.8 Å². The van der Waals surface area contributed by atoms with Crippen molar-refractivity contribution >= 4 is 0 Å². The van der Waals surface area contributed by atoms with E-state index in [9.17, 15) is 10.2 Å². The second-order valence-corrected chi connectivity index (χ2v) is 4.31. The summed E-state index contributed by atoms with van der Waals surface area (Å²) >= 11 is 0. The van der Waals surface area contributed by atoms with E-state index in [-0.39, 0.29) is 0 Å². The van der Waals surface area contributed by atoms with Crippen LogP contribution in [0.5, 0.6) is 11.5 Å². The Balaban J connectivity index is 2.08. The summed E-state index contributed by atoms with van der Waals surface area (Å²) in [5.41, 5.74) is 0.642. The summed E-state index contributed by atoms with van der Waals surface area (Å²) in [7, 11) is 1.81. The minimum absolute atomic E-state index is 0.492. The van der Waals surface area contributed by atoms with E-state index in [1.165, 1.54) is 0 Å². The summed E-state index contributed by atoms with van der Waals surface area (Å²) in [6, 6.07) is 5.24. The lowest BCUT2D eigenvalue weighted by atomic mass is 10.0. The zero-order chi connectivity index (χ0) is 13.0. The van der Waals surface area contributed by atoms with E-state index < -0.39 is 12.2 Å². The van der Waals surface area contributed by atoms with Gasteiger partial charge in [0.1, 0.15) is 19.3 Å². The summed E-state index contributed by atoms with van der Waals surface area (Å²) in [6.07, 6.45) is -1.21. The fourth-order valence-electron chi connectivity index (χ4n) is 1.92. The maximum Gasteiger partial charge on any atom is 0.161 e. The van der Waals surface area contributed by atoms with E-state index in [2.05, 4.69) is 5.32 Å². The van der Waals surface area contributed by atoms with Gasteiger partial charge in [0, 0.05) is 0 Å². The van der Waals surface area contributed by atoms with Crippen molar-refractivity contribution in [2.75, 3.05) is 26.8 Å². The van der Waals surface area contributed by atoms with Crippen LogP contribution in [0.15, 0.2) is 18.2 Å². The highest BCUT2D eigenvalue weighted by Gasteiger charge is 2.20. The number of benzene rings is 1. The van der Waals surface area contributed by atoms with Crippen molar-refractivity contribution in [1.29, 1.82) is 0 Å². The molecular formula is C13H19NO4. The third kappa shape index (κ3) is 2.93. The van der Waals surface area contributed by atoms with Crippen molar-refractivity contribution in [3.05, 3.63) is 23.8 Å². The molecule has 2 atom stereocenters. The topological polar surface area (TPSA) is 71.0 Å². The Kier molecular flexibility index (Phi) is 4.41. The molecule has 5 nitrogen and oxygen atoms in total. The van der Waals surface area contributed by atoms with Crippen LogP contribution in [-0.2, 0) is 0 Å². The Bertz CT molecular complexity index is 397. The third-order valence-corrected chi connectivity index (χ3v) is 2.96. The predicted octanol–water partition coefficient (Wildman–Crippen LogP) is 0.462. The molecule has 0 saturated carbocycles. The van der Waals surface area contributed by atoms with Crippen LogP contribution in [0, 0.1) is 0 Å². The third-order valence-electron chi connectivity index (χ3n) is 2.96. The van der Waals surface area contributed by atoms with E-state index in [1.54, 1.807) is 18.2 Å². The number of aliphatic hydroxyl groups is 2. The Labute approximate surface area is 106 Å². The second kappa shape index (κ2) is 6.04. The molecule has 0 amide bonds. The fraction of sp³-hybridized carbons (Fsp3) is 0.538. The Morgan fingerprint density at radius 3 is 2.67 bits per heavy atom. The monoisotopic (exact) mass is 253 g/mol. The predicted molar refractivity (Wildman–Crippen MR) is 66.9 cm³/mol. The van der Waals surface area contributed by atoms with Gasteiger partial charge in [-0.1, -0.05) is 6.07 Å². The first-order chi connectivity index (χ1) is 8.72. The Hall–Kier alpha value is -1.30. The number of nitrogens with one attached hydrogen (secondary N) is 1. The second-order valence-electron chi connectivity index (χ2n) is 4.31. The molecule has 0 spiro atoms. The van der Waals surface area contributed by atoms with Crippen LogP contribution in [0.1, 0.15) is 18.1 Å². The molecule has 3 N–H and O–H groups in total. The minimum atomic E-state index is -0.908. The first-order valence-electron chi connectivity index (χ1n) is 6.12. The number of rotatable bonds is 5. The quantitative estimate of drug-likeness (QED) is 0.711. The van der Waals surface area contributed by atoms with Crippen molar-refractivity contribution in [2.24, 2.45) is 0 Å². The molecule has 1 aromatic carbocycles. The molecule has 1 aliphatic heterocycles. The fourth-order valence-corrected chi connectivity index (χ4v) is 1.92. The van der Waals surface area contributed by atoms with Gasteiger partial charge in [0.15, 0.2) is 11.5 Å². The van der Waals surface area contributed by atoms with Crippen molar-refractivity contribution < 1.29 is 19.7 Å². The van der Waals surface area contributed by atoms with Crippen molar-refractivity contribution in [3.8, 4) is 11.5 Å². The smallest absolute Gasteiger partial charge is 0.161 e. The highest BCUT2D eigenvalue weighted by molar-refractivity contribution is 5.44. The molecule has 0 aliphatic carbocycles. The minimum Gasteiger partial charge on any atom is -0.486 e. The van der Waals surface area contributed by atoms with Gasteiger partial charge in [-0.25, -0.2) is 0 Å². The number of ether oxygens (including phenoxy) is 2. The summed E-state index contributed by atoms with van der Waals surface area (Å²) < 4.78 is 10.8. The molecule has 2 rings (SSSR count). The lowest BCUT2D eigenvalue weighted by Gasteiger charge is -2.22. The standard InChI is InChI=1S/C13H19NO4/c1-14-5-4-10(15)13(16)9-2-3-11-12(8-9)18-7-6-17-11/h2-3,8,10,13-16H,4-7H2,1H3. The Morgan fingerprint density at radius 2 is 1.94 bits per heavy atom. The van der Waals surface area contributed by atoms with Gasteiger partial charge in [-0.2, -0.15) is 0 Å². The van der Waals surface area contributed by atoms with Crippen LogP contribution in [0.4, 0.5) is 0 Å². The first-order valence-corrected chi connectivity index (χ1v) is 6.12. The normalized spacial score (nSPS) is 17.3. The van der Waals surface area contributed by atoms with Gasteiger partial charge in [-0.05, 0) is 37.7 Å². The molecule has 0 bridgehead atoms. The molecule has 1 aromatic rings. The molecule has 0 saturated heterocycles. The lowest BCUT2D eigenvalue weighted by molar-refractivity contribution is 0.0137. The number of aliphatic hydroxyl groups excluding tert-OH is 2. The summed E-state index contributed by atoms with van der Waals surface area (Å²) in [4.78, 5) is 0. The summed E-state index contributed by atoms with van der Waals surface area (Å²) in [6.45, 7) is 1.71. The molecule has 2 unspecified atom stereocenters. The van der Waals surface area contributed by atoms with Crippen molar-refractivity contribution in [3.63, 3.8) is 0 Å². The largest absolute Gasteiger partial charge is 0.486 e. The van der Waals surface area contributed by atoms with E-state index >= 15 is 0 Å². The van der Waals surface area contributed by atoms with E-state index in [1.807, 2.05) is 7.05 Å². The van der Waals surface area contributed by atoms with Gasteiger partial charge in [0.05, 0.1) is 6.10 Å². The molecule has 100 valence electrons. The van der Waals surface area contributed by atoms with Gasteiger partial charge >= 0.3 is 0 Å². The number of fused-ring (bicyclic) bond motifs is 1. The van der Waals surface area contributed by atoms with Gasteiger partial charge in [0.25, 0.3) is 0 Å². The molecule has 1 heterocycles. The molecule has 0 radical (unpaired) electrons. The van der Waals surface area contributed by atoms with Gasteiger partial charge in [0.2, 0.25) is 0 Å². The highest BCUT2D eigenvalue weighted by Crippen LogP contribution is 2.33. The maximum absolute atomic E-state index is 10.0. The van der Waals surface area contributed by atoms with E-state index in [4.69, 9.17) is 9.47 Å². The van der Waals surface area contributed by atoms with E-state index in [0.717, 1.165) is 0 Å². The lowest BCUT2D eigenvalue weighted by Crippen LogP contribution is -2.23. The first kappa shape index (κ1) is 13.1. The average molecular weight is 253 g/mol. The van der Waals surface area contributed by atoms with Crippen LogP contribution in [0.3, 0.4) is 0 Å². The Morgan fingerprint density at radius 1 is 1.22 bits per heavy atom. The summed E-state index contributed by atoms with van der Waals surface area (Å²) in [5, 5.41) is 22.8. The molecule has 0 fully saturated rings. The van der Waals surface area contributed by atoms with Crippen LogP contribution >= 0.6 is 0 Å². The van der Waals surface area contributed by atoms with Crippen molar-refractivity contribution in [2.45, 2.75) is 18.6 Å². The van der Waals surface area contributed by atoms with Gasteiger partial charge in [-0.15, -0.1) is 0 Å². The molecular weight excluding hydrogens is 234 g/mol. The number of hydrogen-bond donors (Lipinski definition) is 3. The maximum atomic E-state index is 10.0.